The summed E-state index contributed by atoms with van der Waals surface area (Å²) in [5.41, 5.74) is 2.83. The fraction of sp³-hybridized carbons (Fsp3) is 0.385. The second-order valence-corrected chi connectivity index (χ2v) is 3.30. The van der Waals surface area contributed by atoms with Gasteiger partial charge in [-0.1, -0.05) is 43.8 Å². The van der Waals surface area contributed by atoms with Gasteiger partial charge in [-0.3, -0.25) is 0 Å². The van der Waals surface area contributed by atoms with Gasteiger partial charge in [0.1, 0.15) is 0 Å². The van der Waals surface area contributed by atoms with E-state index in [0.717, 1.165) is 25.7 Å². The summed E-state index contributed by atoms with van der Waals surface area (Å²) in [6.07, 6.45) is 6.16. The zero-order valence-electron chi connectivity index (χ0n) is 8.29. The van der Waals surface area contributed by atoms with Crippen LogP contribution in [0.2, 0.25) is 0 Å². The third-order valence-electron chi connectivity index (χ3n) is 2.27. The summed E-state index contributed by atoms with van der Waals surface area (Å²) in [6.45, 7) is 7.49. The molecule has 0 saturated carbocycles. The second-order valence-electron chi connectivity index (χ2n) is 3.30. The Labute approximate surface area is 81.3 Å². The van der Waals surface area contributed by atoms with E-state index in [2.05, 4.69) is 31.2 Å². The molecule has 0 heteroatoms. The lowest BCUT2D eigenvalue weighted by Gasteiger charge is -2.01. The van der Waals surface area contributed by atoms with E-state index in [1.807, 2.05) is 0 Å². The van der Waals surface area contributed by atoms with E-state index in [1.54, 1.807) is 6.08 Å². The van der Waals surface area contributed by atoms with Gasteiger partial charge < -0.3 is 0 Å². The van der Waals surface area contributed by atoms with E-state index in [0.29, 0.717) is 0 Å². The largest absolute Gasteiger partial charge is 0.0845 e. The molecular formula is C13H17. The molecule has 0 bridgehead atoms. The molecule has 0 heterocycles. The molecule has 0 saturated heterocycles. The van der Waals surface area contributed by atoms with Gasteiger partial charge in [0.15, 0.2) is 0 Å². The van der Waals surface area contributed by atoms with E-state index >= 15 is 0 Å². The second kappa shape index (κ2) is 5.58. The first-order valence-electron chi connectivity index (χ1n) is 4.98. The van der Waals surface area contributed by atoms with Gasteiger partial charge >= 0.3 is 0 Å². The molecule has 0 nitrogen and oxygen atoms in total. The molecule has 0 aromatic heterocycles. The smallest absolute Gasteiger partial charge is 0.0276 e. The minimum absolute atomic E-state index is 1.01. The first-order chi connectivity index (χ1) is 6.36. The number of unbranched alkanes of at least 4 members (excludes halogenated alkanes) is 1. The van der Waals surface area contributed by atoms with Gasteiger partial charge in [0.05, 0.1) is 0 Å². The van der Waals surface area contributed by atoms with Gasteiger partial charge in [-0.15, -0.1) is 0 Å². The number of benzene rings is 1. The minimum atomic E-state index is 1.01. The Balaban J connectivity index is 2.44. The Morgan fingerprint density at radius 1 is 1.15 bits per heavy atom. The number of aryl methyl sites for hydroxylation is 2. The molecule has 1 aromatic rings. The van der Waals surface area contributed by atoms with E-state index < -0.39 is 0 Å². The average molecular weight is 173 g/mol. The highest BCUT2D eigenvalue weighted by Crippen LogP contribution is 2.08. The maximum absolute atomic E-state index is 5.31. The molecule has 1 rings (SSSR count). The van der Waals surface area contributed by atoms with Crippen LogP contribution in [0.4, 0.5) is 0 Å². The van der Waals surface area contributed by atoms with Crippen molar-refractivity contribution in [3.05, 3.63) is 48.0 Å². The van der Waals surface area contributed by atoms with Crippen LogP contribution in [-0.4, -0.2) is 0 Å². The molecule has 0 unspecified atom stereocenters. The number of rotatable bonds is 5. The van der Waals surface area contributed by atoms with Crippen molar-refractivity contribution in [3.63, 3.8) is 0 Å². The first kappa shape index (κ1) is 10.0. The van der Waals surface area contributed by atoms with Gasteiger partial charge in [0.25, 0.3) is 0 Å². The molecule has 0 aliphatic carbocycles. The zero-order chi connectivity index (χ0) is 9.52. The lowest BCUT2D eigenvalue weighted by Crippen LogP contribution is -1.86. The number of hydrogen-bond acceptors (Lipinski definition) is 0. The SMILES string of the molecule is [CH]=CCCCc1ccc(CC)cc1. The Bertz CT molecular complexity index is 243. The standard InChI is InChI=1S/C13H17/c1-3-5-6-7-13-10-8-12(4-2)9-11-13/h1,3,8-11H,4-7H2,2H3. The van der Waals surface area contributed by atoms with Gasteiger partial charge in [-0.25, -0.2) is 0 Å². The highest BCUT2D eigenvalue weighted by atomic mass is 14.0. The van der Waals surface area contributed by atoms with E-state index in [1.165, 1.54) is 11.1 Å². The molecule has 0 spiro atoms. The Morgan fingerprint density at radius 3 is 2.31 bits per heavy atom. The van der Waals surface area contributed by atoms with Crippen molar-refractivity contribution in [2.45, 2.75) is 32.6 Å². The van der Waals surface area contributed by atoms with E-state index in [4.69, 9.17) is 6.58 Å². The summed E-state index contributed by atoms with van der Waals surface area (Å²) in [4.78, 5) is 0. The van der Waals surface area contributed by atoms with Crippen molar-refractivity contribution < 1.29 is 0 Å². The molecule has 0 atom stereocenters. The van der Waals surface area contributed by atoms with Gasteiger partial charge in [-0.2, -0.15) is 0 Å². The Hall–Kier alpha value is -1.04. The van der Waals surface area contributed by atoms with Crippen molar-refractivity contribution >= 4 is 0 Å². The predicted molar refractivity (Wildman–Crippen MR) is 57.6 cm³/mol. The van der Waals surface area contributed by atoms with Crippen LogP contribution in [-0.2, 0) is 12.8 Å². The van der Waals surface area contributed by atoms with Gasteiger partial charge in [0, 0.05) is 0 Å². The third kappa shape index (κ3) is 3.45. The summed E-state index contributed by atoms with van der Waals surface area (Å²) in [7, 11) is 0. The van der Waals surface area contributed by atoms with Crippen LogP contribution in [0.5, 0.6) is 0 Å². The van der Waals surface area contributed by atoms with Crippen LogP contribution in [0.15, 0.2) is 30.3 Å². The average Bonchev–Trinajstić information content (AvgIpc) is 2.19. The van der Waals surface area contributed by atoms with Crippen molar-refractivity contribution in [2.24, 2.45) is 0 Å². The molecule has 1 aromatic carbocycles. The van der Waals surface area contributed by atoms with Crippen LogP contribution < -0.4 is 0 Å². The molecule has 0 aliphatic heterocycles. The highest BCUT2D eigenvalue weighted by Gasteiger charge is 1.92. The normalized spacial score (nSPS) is 9.92. The summed E-state index contributed by atoms with van der Waals surface area (Å²) in [5, 5.41) is 0. The van der Waals surface area contributed by atoms with Gasteiger partial charge in [0.2, 0.25) is 0 Å². The molecule has 0 aliphatic rings. The summed E-state index contributed by atoms with van der Waals surface area (Å²) in [5.74, 6) is 0. The molecular weight excluding hydrogens is 156 g/mol. The topological polar surface area (TPSA) is 0 Å². The van der Waals surface area contributed by atoms with E-state index in [9.17, 15) is 0 Å². The number of hydrogen-bond donors (Lipinski definition) is 0. The maximum atomic E-state index is 5.31. The Morgan fingerprint density at radius 2 is 1.77 bits per heavy atom. The van der Waals surface area contributed by atoms with Crippen LogP contribution in [0.3, 0.4) is 0 Å². The summed E-state index contributed by atoms with van der Waals surface area (Å²) >= 11 is 0. The molecule has 69 valence electrons. The monoisotopic (exact) mass is 173 g/mol. The van der Waals surface area contributed by atoms with E-state index in [-0.39, 0.29) is 0 Å². The summed E-state index contributed by atoms with van der Waals surface area (Å²) in [6, 6.07) is 8.85. The van der Waals surface area contributed by atoms with Crippen LogP contribution >= 0.6 is 0 Å². The van der Waals surface area contributed by atoms with Crippen molar-refractivity contribution in [3.8, 4) is 0 Å². The van der Waals surface area contributed by atoms with Crippen LogP contribution in [0.25, 0.3) is 0 Å². The molecule has 0 fully saturated rings. The number of allylic oxidation sites excluding steroid dienone is 1. The predicted octanol–water partition coefficient (Wildman–Crippen LogP) is 3.56. The van der Waals surface area contributed by atoms with Crippen LogP contribution in [0.1, 0.15) is 30.9 Å². The maximum Gasteiger partial charge on any atom is -0.0276 e. The first-order valence-corrected chi connectivity index (χ1v) is 4.98. The van der Waals surface area contributed by atoms with Crippen molar-refractivity contribution in [1.82, 2.24) is 0 Å². The van der Waals surface area contributed by atoms with Gasteiger partial charge in [-0.05, 0) is 36.8 Å². The quantitative estimate of drug-likeness (QED) is 0.597. The highest BCUT2D eigenvalue weighted by molar-refractivity contribution is 5.22. The minimum Gasteiger partial charge on any atom is -0.0845 e. The zero-order valence-corrected chi connectivity index (χ0v) is 8.29. The fourth-order valence-corrected chi connectivity index (χ4v) is 1.37. The fourth-order valence-electron chi connectivity index (χ4n) is 1.37. The Kier molecular flexibility index (Phi) is 4.31. The van der Waals surface area contributed by atoms with Crippen LogP contribution in [0, 0.1) is 6.58 Å². The third-order valence-corrected chi connectivity index (χ3v) is 2.27. The van der Waals surface area contributed by atoms with Crippen molar-refractivity contribution in [2.75, 3.05) is 0 Å². The molecule has 0 N–H and O–H groups in total. The van der Waals surface area contributed by atoms with Crippen molar-refractivity contribution in [1.29, 1.82) is 0 Å². The molecule has 1 radical (unpaired) electrons. The lowest BCUT2D eigenvalue weighted by atomic mass is 10.1. The summed E-state index contributed by atoms with van der Waals surface area (Å²) < 4.78 is 0. The molecule has 13 heavy (non-hydrogen) atoms. The molecule has 0 amide bonds. The lowest BCUT2D eigenvalue weighted by molar-refractivity contribution is 0.842.